The molecule has 1 aromatic heterocycles. The van der Waals surface area contributed by atoms with Crippen LogP contribution in [0.5, 0.6) is 0 Å². The van der Waals surface area contributed by atoms with Crippen LogP contribution in [0, 0.1) is 0 Å². The quantitative estimate of drug-likeness (QED) is 0.833. The van der Waals surface area contributed by atoms with Gasteiger partial charge < -0.3 is 15.0 Å². The number of hydrogen-bond acceptors (Lipinski definition) is 4. The van der Waals surface area contributed by atoms with Crippen LogP contribution in [0.4, 0.5) is 0 Å². The molecule has 25 heavy (non-hydrogen) atoms. The van der Waals surface area contributed by atoms with Crippen molar-refractivity contribution >= 4 is 18.3 Å². The molecule has 7 heteroatoms. The molecule has 6 nitrogen and oxygen atoms in total. The number of hydrogen-bond donors (Lipinski definition) is 1. The molecule has 1 aromatic rings. The zero-order valence-electron chi connectivity index (χ0n) is 15.2. The summed E-state index contributed by atoms with van der Waals surface area (Å²) in [6, 6.07) is 1.91. The SMILES string of the molecule is CCCN(CC1CCCCO1)C(=O)C1(n2cccn2)CCNCC1.Cl. The summed E-state index contributed by atoms with van der Waals surface area (Å²) in [7, 11) is 0. The lowest BCUT2D eigenvalue weighted by Gasteiger charge is -2.41. The lowest BCUT2D eigenvalue weighted by atomic mass is 9.86. The summed E-state index contributed by atoms with van der Waals surface area (Å²) in [5.41, 5.74) is -0.543. The van der Waals surface area contributed by atoms with Gasteiger partial charge in [0, 0.05) is 32.1 Å². The molecule has 1 N–H and O–H groups in total. The van der Waals surface area contributed by atoms with E-state index in [4.69, 9.17) is 4.74 Å². The second-order valence-electron chi connectivity index (χ2n) is 6.97. The molecule has 0 spiro atoms. The van der Waals surface area contributed by atoms with Crippen LogP contribution in [0.15, 0.2) is 18.5 Å². The third kappa shape index (κ3) is 4.54. The first kappa shape index (κ1) is 20.2. The molecule has 2 fully saturated rings. The molecule has 3 rings (SSSR count). The van der Waals surface area contributed by atoms with Crippen LogP contribution < -0.4 is 5.32 Å². The fraction of sp³-hybridized carbons (Fsp3) is 0.778. The molecule has 0 aromatic carbocycles. The number of halogens is 1. The summed E-state index contributed by atoms with van der Waals surface area (Å²) in [6.07, 6.45) is 9.84. The zero-order chi connectivity index (χ0) is 16.8. The number of piperidine rings is 1. The highest BCUT2D eigenvalue weighted by Crippen LogP contribution is 2.30. The van der Waals surface area contributed by atoms with E-state index in [9.17, 15) is 4.79 Å². The minimum Gasteiger partial charge on any atom is -0.376 e. The van der Waals surface area contributed by atoms with E-state index in [1.54, 1.807) is 6.20 Å². The Labute approximate surface area is 156 Å². The number of carbonyl (C=O) groups excluding carboxylic acids is 1. The molecule has 0 radical (unpaired) electrons. The summed E-state index contributed by atoms with van der Waals surface area (Å²) >= 11 is 0. The number of carbonyl (C=O) groups is 1. The molecule has 2 saturated heterocycles. The molecule has 2 aliphatic rings. The number of amides is 1. The molecule has 0 saturated carbocycles. The Hall–Kier alpha value is -1.11. The topological polar surface area (TPSA) is 59.4 Å². The number of ether oxygens (including phenoxy) is 1. The van der Waals surface area contributed by atoms with Crippen LogP contribution in [0.3, 0.4) is 0 Å². The van der Waals surface area contributed by atoms with Crippen molar-refractivity contribution in [2.75, 3.05) is 32.8 Å². The van der Waals surface area contributed by atoms with Crippen LogP contribution in [0.25, 0.3) is 0 Å². The number of nitrogens with one attached hydrogen (secondary N) is 1. The molecule has 0 bridgehead atoms. The Morgan fingerprint density at radius 1 is 1.40 bits per heavy atom. The maximum absolute atomic E-state index is 13.6. The standard InChI is InChI=1S/C18H30N4O2.ClH/c1-2-12-21(15-16-6-3-4-14-24-16)17(23)18(7-10-19-11-8-18)22-13-5-9-20-22;/h5,9,13,16,19H,2-4,6-8,10-12,14-15H2,1H3;1H. The maximum Gasteiger partial charge on any atom is 0.250 e. The Kier molecular flexibility index (Phi) is 7.72. The van der Waals surface area contributed by atoms with E-state index in [1.165, 1.54) is 6.42 Å². The average Bonchev–Trinajstić information content (AvgIpc) is 3.17. The van der Waals surface area contributed by atoms with Crippen LogP contribution in [0.2, 0.25) is 0 Å². The highest BCUT2D eigenvalue weighted by atomic mass is 35.5. The first-order chi connectivity index (χ1) is 11.8. The van der Waals surface area contributed by atoms with Gasteiger partial charge in [0.05, 0.1) is 6.10 Å². The minimum absolute atomic E-state index is 0. The Bertz CT molecular complexity index is 511. The van der Waals surface area contributed by atoms with Gasteiger partial charge in [-0.2, -0.15) is 5.10 Å². The van der Waals surface area contributed by atoms with Crippen molar-refractivity contribution in [3.05, 3.63) is 18.5 Å². The van der Waals surface area contributed by atoms with Gasteiger partial charge in [0.2, 0.25) is 0 Å². The average molecular weight is 371 g/mol. The Morgan fingerprint density at radius 3 is 2.80 bits per heavy atom. The third-order valence-electron chi connectivity index (χ3n) is 5.25. The number of rotatable bonds is 6. The summed E-state index contributed by atoms with van der Waals surface area (Å²) in [6.45, 7) is 6.16. The summed E-state index contributed by atoms with van der Waals surface area (Å²) < 4.78 is 7.78. The van der Waals surface area contributed by atoms with Gasteiger partial charge in [0.15, 0.2) is 0 Å². The van der Waals surface area contributed by atoms with E-state index in [0.717, 1.165) is 58.3 Å². The van der Waals surface area contributed by atoms with Gasteiger partial charge in [0.25, 0.3) is 5.91 Å². The summed E-state index contributed by atoms with van der Waals surface area (Å²) in [4.78, 5) is 15.6. The minimum atomic E-state index is -0.543. The van der Waals surface area contributed by atoms with Crippen LogP contribution in [-0.2, 0) is 15.1 Å². The normalized spacial score (nSPS) is 22.8. The smallest absolute Gasteiger partial charge is 0.250 e. The van der Waals surface area contributed by atoms with Gasteiger partial charge in [-0.3, -0.25) is 9.48 Å². The van der Waals surface area contributed by atoms with Gasteiger partial charge in [-0.15, -0.1) is 12.4 Å². The first-order valence-electron chi connectivity index (χ1n) is 9.38. The second kappa shape index (κ2) is 9.55. The maximum atomic E-state index is 13.6. The molecule has 0 aliphatic carbocycles. The van der Waals surface area contributed by atoms with Crippen molar-refractivity contribution in [1.29, 1.82) is 0 Å². The van der Waals surface area contributed by atoms with Crippen molar-refractivity contribution in [1.82, 2.24) is 20.0 Å². The molecule has 1 unspecified atom stereocenters. The number of aromatic nitrogens is 2. The zero-order valence-corrected chi connectivity index (χ0v) is 16.0. The Balaban J connectivity index is 0.00000225. The molecule has 2 aliphatic heterocycles. The second-order valence-corrected chi connectivity index (χ2v) is 6.97. The van der Waals surface area contributed by atoms with E-state index in [-0.39, 0.29) is 24.4 Å². The predicted octanol–water partition coefficient (Wildman–Crippen LogP) is 2.19. The lowest BCUT2D eigenvalue weighted by molar-refractivity contribution is -0.146. The van der Waals surface area contributed by atoms with Gasteiger partial charge in [-0.05, 0) is 57.7 Å². The van der Waals surface area contributed by atoms with E-state index in [0.29, 0.717) is 6.54 Å². The molecule has 3 heterocycles. The van der Waals surface area contributed by atoms with Gasteiger partial charge >= 0.3 is 0 Å². The highest BCUT2D eigenvalue weighted by Gasteiger charge is 2.44. The van der Waals surface area contributed by atoms with Gasteiger partial charge in [-0.1, -0.05) is 6.92 Å². The van der Waals surface area contributed by atoms with Crippen molar-refractivity contribution in [3.8, 4) is 0 Å². The van der Waals surface area contributed by atoms with Crippen molar-refractivity contribution in [2.45, 2.75) is 57.1 Å². The van der Waals surface area contributed by atoms with E-state index < -0.39 is 5.54 Å². The molecule has 1 amide bonds. The monoisotopic (exact) mass is 370 g/mol. The van der Waals surface area contributed by atoms with Crippen molar-refractivity contribution < 1.29 is 9.53 Å². The van der Waals surface area contributed by atoms with Gasteiger partial charge in [0.1, 0.15) is 5.54 Å². The largest absolute Gasteiger partial charge is 0.376 e. The predicted molar refractivity (Wildman–Crippen MR) is 100 cm³/mol. The molecular weight excluding hydrogens is 340 g/mol. The molecule has 142 valence electrons. The van der Waals surface area contributed by atoms with E-state index in [2.05, 4.69) is 17.3 Å². The van der Waals surface area contributed by atoms with Crippen LogP contribution in [-0.4, -0.2) is 59.5 Å². The summed E-state index contributed by atoms with van der Waals surface area (Å²) in [5.74, 6) is 0.212. The third-order valence-corrected chi connectivity index (χ3v) is 5.25. The fourth-order valence-corrected chi connectivity index (χ4v) is 3.94. The van der Waals surface area contributed by atoms with Crippen LogP contribution in [0.1, 0.15) is 45.4 Å². The van der Waals surface area contributed by atoms with Crippen molar-refractivity contribution in [2.24, 2.45) is 0 Å². The van der Waals surface area contributed by atoms with E-state index >= 15 is 0 Å². The number of nitrogens with zero attached hydrogens (tertiary/aromatic N) is 3. The Morgan fingerprint density at radius 2 is 2.20 bits per heavy atom. The van der Waals surface area contributed by atoms with Crippen LogP contribution >= 0.6 is 12.4 Å². The lowest BCUT2D eigenvalue weighted by Crippen LogP contribution is -2.57. The van der Waals surface area contributed by atoms with Gasteiger partial charge in [-0.25, -0.2) is 0 Å². The fourth-order valence-electron chi connectivity index (χ4n) is 3.94. The molecular formula is C18H31ClN4O2. The van der Waals surface area contributed by atoms with E-state index in [1.807, 2.05) is 21.8 Å². The highest BCUT2D eigenvalue weighted by molar-refractivity contribution is 5.85. The summed E-state index contributed by atoms with van der Waals surface area (Å²) in [5, 5.41) is 7.80. The molecule has 1 atom stereocenters. The first-order valence-corrected chi connectivity index (χ1v) is 9.38. The van der Waals surface area contributed by atoms with Crippen molar-refractivity contribution in [3.63, 3.8) is 0 Å².